The average Bonchev–Trinajstić information content (AvgIpc) is 3.09. The van der Waals surface area contributed by atoms with Gasteiger partial charge in [-0.15, -0.1) is 0 Å². The third-order valence-electron chi connectivity index (χ3n) is 2.93. The fourth-order valence-electron chi connectivity index (χ4n) is 1.79. The van der Waals surface area contributed by atoms with Gasteiger partial charge in [-0.3, -0.25) is 0 Å². The number of nitrogens with two attached hydrogens (primary N) is 1. The molecule has 2 rings (SSSR count). The number of sulfonamides is 1. The van der Waals surface area contributed by atoms with E-state index < -0.39 is 15.8 Å². The Labute approximate surface area is 114 Å². The molecular weight excluding hydrogens is 323 g/mol. The molecule has 0 bridgehead atoms. The second kappa shape index (κ2) is 5.24. The van der Waals surface area contributed by atoms with Crippen molar-refractivity contribution in [2.45, 2.75) is 23.8 Å². The van der Waals surface area contributed by atoms with E-state index in [1.807, 2.05) is 0 Å². The van der Waals surface area contributed by atoms with E-state index in [9.17, 15) is 12.8 Å². The number of benzene rings is 1. The molecule has 1 aliphatic rings. The first-order chi connectivity index (χ1) is 8.44. The predicted octanol–water partition coefficient (Wildman–Crippen LogP) is 1.60. The molecule has 1 aromatic rings. The average molecular weight is 337 g/mol. The number of hydrogen-bond donors (Lipinski definition) is 2. The molecule has 4 nitrogen and oxygen atoms in total. The van der Waals surface area contributed by atoms with Crippen molar-refractivity contribution < 1.29 is 12.8 Å². The van der Waals surface area contributed by atoms with E-state index in [4.69, 9.17) is 5.73 Å². The van der Waals surface area contributed by atoms with Crippen molar-refractivity contribution in [1.29, 1.82) is 0 Å². The molecule has 0 amide bonds. The Hall–Kier alpha value is -0.500. The van der Waals surface area contributed by atoms with Gasteiger partial charge in [0.2, 0.25) is 10.0 Å². The minimum atomic E-state index is -3.67. The van der Waals surface area contributed by atoms with Crippen LogP contribution in [-0.2, 0) is 10.0 Å². The predicted molar refractivity (Wildman–Crippen MR) is 70.0 cm³/mol. The highest BCUT2D eigenvalue weighted by Crippen LogP contribution is 2.33. The van der Waals surface area contributed by atoms with Crippen LogP contribution in [0.2, 0.25) is 0 Å². The maximum absolute atomic E-state index is 12.9. The van der Waals surface area contributed by atoms with Gasteiger partial charge in [-0.1, -0.05) is 0 Å². The third-order valence-corrected chi connectivity index (χ3v) is 5.40. The smallest absolute Gasteiger partial charge is 0.241 e. The van der Waals surface area contributed by atoms with Crippen LogP contribution in [-0.4, -0.2) is 21.0 Å². The Balaban J connectivity index is 2.24. The number of hydrogen-bond acceptors (Lipinski definition) is 3. The molecule has 0 heterocycles. The van der Waals surface area contributed by atoms with E-state index in [0.717, 1.165) is 25.0 Å². The van der Waals surface area contributed by atoms with E-state index >= 15 is 0 Å². The summed E-state index contributed by atoms with van der Waals surface area (Å²) in [6, 6.07) is 3.24. The Bertz CT molecular complexity index is 546. The molecule has 0 radical (unpaired) electrons. The van der Waals surface area contributed by atoms with E-state index in [2.05, 4.69) is 20.7 Å². The molecule has 0 aromatic heterocycles. The van der Waals surface area contributed by atoms with Gasteiger partial charge in [-0.25, -0.2) is 17.5 Å². The fourth-order valence-corrected chi connectivity index (χ4v) is 4.16. The van der Waals surface area contributed by atoms with Crippen molar-refractivity contribution in [1.82, 2.24) is 4.72 Å². The highest BCUT2D eigenvalue weighted by molar-refractivity contribution is 9.10. The van der Waals surface area contributed by atoms with E-state index in [0.29, 0.717) is 5.92 Å². The van der Waals surface area contributed by atoms with Crippen LogP contribution in [0.4, 0.5) is 4.39 Å². The Morgan fingerprint density at radius 1 is 1.50 bits per heavy atom. The van der Waals surface area contributed by atoms with Crippen molar-refractivity contribution in [2.24, 2.45) is 11.7 Å². The second-order valence-electron chi connectivity index (χ2n) is 4.38. The quantitative estimate of drug-likeness (QED) is 0.857. The first-order valence-corrected chi connectivity index (χ1v) is 7.89. The number of halogens is 2. The van der Waals surface area contributed by atoms with Crippen molar-refractivity contribution in [3.63, 3.8) is 0 Å². The Morgan fingerprint density at radius 3 is 2.67 bits per heavy atom. The highest BCUT2D eigenvalue weighted by atomic mass is 79.9. The Kier molecular flexibility index (Phi) is 4.05. The van der Waals surface area contributed by atoms with Gasteiger partial charge < -0.3 is 5.73 Å². The zero-order valence-electron chi connectivity index (χ0n) is 9.57. The van der Waals surface area contributed by atoms with Gasteiger partial charge in [0.15, 0.2) is 0 Å². The lowest BCUT2D eigenvalue weighted by Gasteiger charge is -2.16. The van der Waals surface area contributed by atoms with Crippen LogP contribution in [0.15, 0.2) is 27.6 Å². The van der Waals surface area contributed by atoms with Crippen molar-refractivity contribution in [3.05, 3.63) is 28.5 Å². The van der Waals surface area contributed by atoms with Gasteiger partial charge in [0.05, 0.1) is 4.90 Å². The zero-order chi connectivity index (χ0) is 13.3. The van der Waals surface area contributed by atoms with Crippen molar-refractivity contribution in [2.75, 3.05) is 6.54 Å². The van der Waals surface area contributed by atoms with Crippen molar-refractivity contribution in [3.8, 4) is 0 Å². The molecule has 3 N–H and O–H groups in total. The Morgan fingerprint density at radius 2 is 2.17 bits per heavy atom. The van der Waals surface area contributed by atoms with Gasteiger partial charge >= 0.3 is 0 Å². The molecule has 1 atom stereocenters. The standard InChI is InChI=1S/C11H14BrFN2O2S/c12-9-5-8(13)3-4-11(9)18(16,17)15-10(6-14)7-1-2-7/h3-5,7,10,15H,1-2,6,14H2. The molecular formula is C11H14BrFN2O2S. The third kappa shape index (κ3) is 3.09. The van der Waals surface area contributed by atoms with Gasteiger partial charge in [-0.05, 0) is 52.9 Å². The summed E-state index contributed by atoms with van der Waals surface area (Å²) in [6.07, 6.45) is 1.99. The molecule has 0 saturated heterocycles. The maximum atomic E-state index is 12.9. The van der Waals surface area contributed by atoms with Crippen LogP contribution in [0.5, 0.6) is 0 Å². The minimum absolute atomic E-state index is 0.0306. The molecule has 18 heavy (non-hydrogen) atoms. The molecule has 100 valence electrons. The van der Waals surface area contributed by atoms with Crippen LogP contribution < -0.4 is 10.5 Å². The summed E-state index contributed by atoms with van der Waals surface area (Å²) in [6.45, 7) is 0.267. The first-order valence-electron chi connectivity index (χ1n) is 5.61. The lowest BCUT2D eigenvalue weighted by atomic mass is 10.2. The summed E-state index contributed by atoms with van der Waals surface area (Å²) in [5.41, 5.74) is 5.56. The minimum Gasteiger partial charge on any atom is -0.329 e. The number of nitrogens with one attached hydrogen (secondary N) is 1. The highest BCUT2D eigenvalue weighted by Gasteiger charge is 2.33. The van der Waals surface area contributed by atoms with Crippen LogP contribution in [0.25, 0.3) is 0 Å². The SMILES string of the molecule is NCC(NS(=O)(=O)c1ccc(F)cc1Br)C1CC1. The van der Waals surface area contributed by atoms with Crippen molar-refractivity contribution >= 4 is 26.0 Å². The van der Waals surface area contributed by atoms with Gasteiger partial charge in [0.25, 0.3) is 0 Å². The molecule has 1 saturated carbocycles. The molecule has 7 heteroatoms. The lowest BCUT2D eigenvalue weighted by Crippen LogP contribution is -2.41. The summed E-state index contributed by atoms with van der Waals surface area (Å²) in [7, 11) is -3.67. The fraction of sp³-hybridized carbons (Fsp3) is 0.455. The molecule has 1 aromatic carbocycles. The summed E-state index contributed by atoms with van der Waals surface area (Å²) in [5, 5.41) is 0. The summed E-state index contributed by atoms with van der Waals surface area (Å²) < 4.78 is 40.0. The maximum Gasteiger partial charge on any atom is 0.241 e. The molecule has 1 unspecified atom stereocenters. The second-order valence-corrected chi connectivity index (χ2v) is 6.91. The largest absolute Gasteiger partial charge is 0.329 e. The molecule has 1 aliphatic carbocycles. The summed E-state index contributed by atoms with van der Waals surface area (Å²) in [5.74, 6) is -0.164. The summed E-state index contributed by atoms with van der Waals surface area (Å²) >= 11 is 3.06. The van der Waals surface area contributed by atoms with Crippen LogP contribution in [0, 0.1) is 11.7 Å². The lowest BCUT2D eigenvalue weighted by molar-refractivity contribution is 0.518. The summed E-state index contributed by atoms with van der Waals surface area (Å²) in [4.78, 5) is 0.0306. The molecule has 0 aliphatic heterocycles. The number of rotatable bonds is 5. The zero-order valence-corrected chi connectivity index (χ0v) is 12.0. The molecule has 0 spiro atoms. The van der Waals surface area contributed by atoms with E-state index in [-0.39, 0.29) is 22.0 Å². The van der Waals surface area contributed by atoms with Crippen LogP contribution >= 0.6 is 15.9 Å². The van der Waals surface area contributed by atoms with Gasteiger partial charge in [-0.2, -0.15) is 0 Å². The van der Waals surface area contributed by atoms with Gasteiger partial charge in [0, 0.05) is 17.1 Å². The monoisotopic (exact) mass is 336 g/mol. The topological polar surface area (TPSA) is 72.2 Å². The first kappa shape index (κ1) is 13.9. The normalized spacial score (nSPS) is 17.7. The van der Waals surface area contributed by atoms with Crippen LogP contribution in [0.1, 0.15) is 12.8 Å². The van der Waals surface area contributed by atoms with Crippen LogP contribution in [0.3, 0.4) is 0 Å². The van der Waals surface area contributed by atoms with E-state index in [1.165, 1.54) is 6.07 Å². The van der Waals surface area contributed by atoms with E-state index in [1.54, 1.807) is 0 Å². The molecule has 1 fully saturated rings. The van der Waals surface area contributed by atoms with Gasteiger partial charge in [0.1, 0.15) is 5.82 Å².